The molecule has 2 N–H and O–H groups in total. The van der Waals surface area contributed by atoms with Crippen molar-refractivity contribution in [2.45, 2.75) is 56.6 Å². The van der Waals surface area contributed by atoms with Crippen molar-refractivity contribution in [1.29, 1.82) is 0 Å². The molecule has 1 aromatic heterocycles. The third-order valence-electron chi connectivity index (χ3n) is 3.57. The molecule has 1 atom stereocenters. The minimum atomic E-state index is -3.43. The van der Waals surface area contributed by atoms with Crippen LogP contribution in [0.25, 0.3) is 0 Å². The van der Waals surface area contributed by atoms with E-state index in [0.29, 0.717) is 17.5 Å². The van der Waals surface area contributed by atoms with E-state index in [1.807, 2.05) is 25.5 Å². The molecular weight excluding hydrogens is 324 g/mol. The predicted octanol–water partition coefficient (Wildman–Crippen LogP) is 2.73. The van der Waals surface area contributed by atoms with Gasteiger partial charge in [0.15, 0.2) is 0 Å². The van der Waals surface area contributed by atoms with Gasteiger partial charge in [0.2, 0.25) is 10.0 Å². The Balaban J connectivity index is 2.15. The predicted molar refractivity (Wildman–Crippen MR) is 91.7 cm³/mol. The maximum absolute atomic E-state index is 12.7. The van der Waals surface area contributed by atoms with Crippen molar-refractivity contribution in [2.24, 2.45) is 0 Å². The van der Waals surface area contributed by atoms with Gasteiger partial charge in [-0.05, 0) is 43.4 Å². The molecule has 0 bridgehead atoms. The smallest absolute Gasteiger partial charge is 0.242 e. The van der Waals surface area contributed by atoms with Gasteiger partial charge in [0.25, 0.3) is 0 Å². The van der Waals surface area contributed by atoms with E-state index in [-0.39, 0.29) is 6.04 Å². The Morgan fingerprint density at radius 3 is 2.76 bits per heavy atom. The molecule has 21 heavy (non-hydrogen) atoms. The van der Waals surface area contributed by atoms with Crippen LogP contribution in [0.15, 0.2) is 10.3 Å². The summed E-state index contributed by atoms with van der Waals surface area (Å²) in [6.07, 6.45) is 5.21. The highest BCUT2D eigenvalue weighted by Crippen LogP contribution is 2.28. The quantitative estimate of drug-likeness (QED) is 0.720. The summed E-state index contributed by atoms with van der Waals surface area (Å²) in [5, 5.41) is 5.34. The molecule has 4 nitrogen and oxygen atoms in total. The number of thiophene rings is 1. The van der Waals surface area contributed by atoms with E-state index in [1.165, 1.54) is 24.2 Å². The van der Waals surface area contributed by atoms with Crippen LogP contribution in [0.3, 0.4) is 0 Å². The zero-order valence-corrected chi connectivity index (χ0v) is 15.3. The zero-order valence-electron chi connectivity index (χ0n) is 12.8. The monoisotopic (exact) mass is 348 g/mol. The maximum Gasteiger partial charge on any atom is 0.242 e. The molecule has 7 heteroatoms. The van der Waals surface area contributed by atoms with E-state index >= 15 is 0 Å². The first-order chi connectivity index (χ1) is 9.97. The second kappa shape index (κ2) is 7.46. The summed E-state index contributed by atoms with van der Waals surface area (Å²) in [7, 11) is -3.43. The van der Waals surface area contributed by atoms with Gasteiger partial charge in [0, 0.05) is 29.3 Å². The van der Waals surface area contributed by atoms with Gasteiger partial charge in [-0.3, -0.25) is 0 Å². The number of aryl methyl sites for hydroxylation is 1. The number of rotatable bonds is 9. The first-order valence-electron chi connectivity index (χ1n) is 7.29. The molecule has 120 valence electrons. The van der Waals surface area contributed by atoms with Crippen LogP contribution < -0.4 is 10.0 Å². The van der Waals surface area contributed by atoms with Crippen molar-refractivity contribution < 1.29 is 8.42 Å². The lowest BCUT2D eigenvalue weighted by atomic mass is 10.3. The molecule has 0 aromatic carbocycles. The van der Waals surface area contributed by atoms with Crippen molar-refractivity contribution >= 4 is 33.1 Å². The zero-order chi connectivity index (χ0) is 15.5. The molecule has 1 saturated carbocycles. The first-order valence-corrected chi connectivity index (χ1v) is 11.0. The van der Waals surface area contributed by atoms with E-state index in [0.717, 1.165) is 22.6 Å². The van der Waals surface area contributed by atoms with Gasteiger partial charge >= 0.3 is 0 Å². The third kappa shape index (κ3) is 4.69. The number of nitrogens with one attached hydrogen (secondary N) is 2. The van der Waals surface area contributed by atoms with Gasteiger partial charge in [-0.15, -0.1) is 11.3 Å². The summed E-state index contributed by atoms with van der Waals surface area (Å²) in [6, 6.07) is 0.573. The van der Waals surface area contributed by atoms with E-state index in [1.54, 1.807) is 11.8 Å². The average Bonchev–Trinajstić information content (AvgIpc) is 3.18. The van der Waals surface area contributed by atoms with Crippen molar-refractivity contribution in [3.8, 4) is 0 Å². The first kappa shape index (κ1) is 17.3. The number of hydrogen-bond donors (Lipinski definition) is 2. The lowest BCUT2D eigenvalue weighted by molar-refractivity contribution is 0.556. The highest BCUT2D eigenvalue weighted by molar-refractivity contribution is 7.98. The van der Waals surface area contributed by atoms with Crippen LogP contribution in [0.4, 0.5) is 0 Å². The van der Waals surface area contributed by atoms with Crippen molar-refractivity contribution in [2.75, 3.05) is 12.0 Å². The summed E-state index contributed by atoms with van der Waals surface area (Å²) in [4.78, 5) is 1.41. The normalized spacial score (nSPS) is 17.1. The van der Waals surface area contributed by atoms with Crippen molar-refractivity contribution in [3.63, 3.8) is 0 Å². The summed E-state index contributed by atoms with van der Waals surface area (Å²) < 4.78 is 28.3. The van der Waals surface area contributed by atoms with E-state index < -0.39 is 10.0 Å². The van der Waals surface area contributed by atoms with Crippen LogP contribution in [0.5, 0.6) is 0 Å². The Hall–Kier alpha value is -0.0800. The van der Waals surface area contributed by atoms with Crippen molar-refractivity contribution in [3.05, 3.63) is 15.8 Å². The minimum Gasteiger partial charge on any atom is -0.309 e. The minimum absolute atomic E-state index is 0.00598. The van der Waals surface area contributed by atoms with Crippen LogP contribution in [0, 0.1) is 6.92 Å². The van der Waals surface area contributed by atoms with Gasteiger partial charge in [-0.2, -0.15) is 11.8 Å². The van der Waals surface area contributed by atoms with Crippen LogP contribution in [-0.4, -0.2) is 32.5 Å². The van der Waals surface area contributed by atoms with Crippen LogP contribution >= 0.6 is 23.1 Å². The molecule has 0 aliphatic heterocycles. The summed E-state index contributed by atoms with van der Waals surface area (Å²) in [5.74, 6) is 0.800. The number of thioether (sulfide) groups is 1. The Labute approximate surface area is 136 Å². The summed E-state index contributed by atoms with van der Waals surface area (Å²) in [6.45, 7) is 4.54. The third-order valence-corrected chi connectivity index (χ3v) is 7.29. The summed E-state index contributed by atoms with van der Waals surface area (Å²) >= 11 is 3.20. The molecular formula is C14H24N2O2S3. The number of hydrogen-bond acceptors (Lipinski definition) is 5. The molecule has 1 fully saturated rings. The van der Waals surface area contributed by atoms with E-state index in [4.69, 9.17) is 0 Å². The van der Waals surface area contributed by atoms with Crippen LogP contribution in [0.2, 0.25) is 0 Å². The highest BCUT2D eigenvalue weighted by Gasteiger charge is 2.27. The van der Waals surface area contributed by atoms with Gasteiger partial charge in [-0.25, -0.2) is 13.1 Å². The lowest BCUT2D eigenvalue weighted by Gasteiger charge is -2.17. The van der Waals surface area contributed by atoms with Crippen molar-refractivity contribution in [1.82, 2.24) is 10.0 Å². The second-order valence-corrected chi connectivity index (χ2v) is 9.03. The van der Waals surface area contributed by atoms with Gasteiger partial charge < -0.3 is 5.32 Å². The average molecular weight is 349 g/mol. The topological polar surface area (TPSA) is 58.2 Å². The molecule has 1 aliphatic carbocycles. The molecule has 2 rings (SSSR count). The highest BCUT2D eigenvalue weighted by atomic mass is 32.2. The van der Waals surface area contributed by atoms with Crippen LogP contribution in [0.1, 0.15) is 36.6 Å². The Morgan fingerprint density at radius 1 is 1.48 bits per heavy atom. The fourth-order valence-electron chi connectivity index (χ4n) is 2.21. The molecule has 0 amide bonds. The molecule has 0 saturated heterocycles. The molecule has 1 aliphatic rings. The van der Waals surface area contributed by atoms with Gasteiger partial charge in [0.1, 0.15) is 4.90 Å². The number of sulfonamides is 1. The molecule has 0 spiro atoms. The second-order valence-electron chi connectivity index (χ2n) is 5.51. The molecule has 1 aromatic rings. The van der Waals surface area contributed by atoms with E-state index in [2.05, 4.69) is 10.0 Å². The van der Waals surface area contributed by atoms with Gasteiger partial charge in [-0.1, -0.05) is 6.92 Å². The Morgan fingerprint density at radius 2 is 2.19 bits per heavy atom. The van der Waals surface area contributed by atoms with Gasteiger partial charge in [0.05, 0.1) is 0 Å². The fourth-order valence-corrected chi connectivity index (χ4v) is 6.12. The lowest BCUT2D eigenvalue weighted by Crippen LogP contribution is -2.36. The Bertz CT molecular complexity index is 565. The van der Waals surface area contributed by atoms with Crippen LogP contribution in [-0.2, 0) is 16.6 Å². The molecule has 1 heterocycles. The molecule has 0 radical (unpaired) electrons. The standard InChI is InChI=1S/C14H24N2O2S3/c1-4-11(9-19-3)16-21(17,18)14-10(2)8-20-13(14)7-15-12-5-6-12/h8,11-12,15-16H,4-7,9H2,1-3H3. The molecule has 1 unspecified atom stereocenters. The fraction of sp³-hybridized carbons (Fsp3) is 0.714. The largest absolute Gasteiger partial charge is 0.309 e. The Kier molecular flexibility index (Phi) is 6.14. The maximum atomic E-state index is 12.7. The van der Waals surface area contributed by atoms with E-state index in [9.17, 15) is 8.42 Å². The SMILES string of the molecule is CCC(CSC)NS(=O)(=O)c1c(C)csc1CNC1CC1. The summed E-state index contributed by atoms with van der Waals surface area (Å²) in [5.41, 5.74) is 0.846.